The molecule has 0 atom stereocenters. The highest BCUT2D eigenvalue weighted by molar-refractivity contribution is 6.31. The van der Waals surface area contributed by atoms with Gasteiger partial charge in [-0.15, -0.1) is 0 Å². The topological polar surface area (TPSA) is 12.0 Å². The van der Waals surface area contributed by atoms with Crippen LogP contribution in [0.5, 0.6) is 0 Å². The van der Waals surface area contributed by atoms with Crippen LogP contribution in [0.15, 0.2) is 48.5 Å². The maximum Gasteiger partial charge on any atom is 0.0412 e. The molecule has 0 unspecified atom stereocenters. The molecule has 0 aliphatic carbocycles. The molecule has 0 saturated heterocycles. The van der Waals surface area contributed by atoms with Crippen molar-refractivity contribution < 1.29 is 0 Å². The van der Waals surface area contributed by atoms with Gasteiger partial charge in [-0.05, 0) is 52.4 Å². The zero-order chi connectivity index (χ0) is 12.5. The van der Waals surface area contributed by atoms with Crippen LogP contribution in [0.2, 0.25) is 5.02 Å². The lowest BCUT2D eigenvalue weighted by Crippen LogP contribution is -2.06. The number of halogens is 1. The van der Waals surface area contributed by atoms with E-state index >= 15 is 0 Å². The van der Waals surface area contributed by atoms with Crippen molar-refractivity contribution in [2.45, 2.75) is 6.54 Å². The van der Waals surface area contributed by atoms with Gasteiger partial charge in [0.2, 0.25) is 0 Å². The fourth-order valence-corrected chi connectivity index (χ4v) is 2.67. The van der Waals surface area contributed by atoms with Crippen LogP contribution in [0.4, 0.5) is 0 Å². The minimum Gasteiger partial charge on any atom is -0.316 e. The average Bonchev–Trinajstić information content (AvgIpc) is 2.39. The molecule has 90 valence electrons. The van der Waals surface area contributed by atoms with Gasteiger partial charge in [-0.2, -0.15) is 0 Å². The molecule has 0 aliphatic rings. The van der Waals surface area contributed by atoms with Crippen LogP contribution >= 0.6 is 11.6 Å². The minimum absolute atomic E-state index is 0.787. The zero-order valence-corrected chi connectivity index (χ0v) is 11.0. The van der Waals surface area contributed by atoms with E-state index in [1.165, 1.54) is 27.1 Å². The van der Waals surface area contributed by atoms with Gasteiger partial charge in [-0.25, -0.2) is 0 Å². The monoisotopic (exact) mass is 255 g/mol. The van der Waals surface area contributed by atoms with Crippen molar-refractivity contribution in [3.8, 4) is 0 Å². The summed E-state index contributed by atoms with van der Waals surface area (Å²) in [6.07, 6.45) is 0. The van der Waals surface area contributed by atoms with Crippen LogP contribution in [0.1, 0.15) is 5.56 Å². The molecule has 3 aromatic rings. The highest BCUT2D eigenvalue weighted by Crippen LogP contribution is 2.30. The van der Waals surface area contributed by atoms with E-state index in [1.807, 2.05) is 13.1 Å². The van der Waals surface area contributed by atoms with Gasteiger partial charge in [0.1, 0.15) is 0 Å². The second kappa shape index (κ2) is 4.60. The van der Waals surface area contributed by atoms with Crippen molar-refractivity contribution in [2.75, 3.05) is 7.05 Å². The first-order valence-electron chi connectivity index (χ1n) is 6.04. The van der Waals surface area contributed by atoms with Crippen LogP contribution in [-0.2, 0) is 6.54 Å². The third-order valence-corrected chi connectivity index (χ3v) is 3.53. The molecule has 1 nitrogen and oxygen atoms in total. The van der Waals surface area contributed by atoms with E-state index in [4.69, 9.17) is 11.6 Å². The van der Waals surface area contributed by atoms with Gasteiger partial charge in [0.15, 0.2) is 0 Å². The van der Waals surface area contributed by atoms with Crippen LogP contribution in [-0.4, -0.2) is 7.05 Å². The van der Waals surface area contributed by atoms with Crippen molar-refractivity contribution >= 4 is 33.1 Å². The Morgan fingerprint density at radius 2 is 1.72 bits per heavy atom. The summed E-state index contributed by atoms with van der Waals surface area (Å²) in [6.45, 7) is 0.845. The molecule has 0 saturated carbocycles. The molecule has 3 aromatic carbocycles. The second-order valence-electron chi connectivity index (χ2n) is 4.47. The summed E-state index contributed by atoms with van der Waals surface area (Å²) in [5.74, 6) is 0. The standard InChI is InChI=1S/C16H14ClN/c1-18-10-16-14-5-3-2-4-11(14)8-12-6-7-13(17)9-15(12)16/h2-9,18H,10H2,1H3. The number of hydrogen-bond acceptors (Lipinski definition) is 1. The van der Waals surface area contributed by atoms with Crippen molar-refractivity contribution in [1.29, 1.82) is 0 Å². The van der Waals surface area contributed by atoms with E-state index in [-0.39, 0.29) is 0 Å². The molecule has 0 radical (unpaired) electrons. The molecule has 0 aliphatic heterocycles. The summed E-state index contributed by atoms with van der Waals surface area (Å²) in [6, 6.07) is 16.8. The number of nitrogens with one attached hydrogen (secondary N) is 1. The van der Waals surface area contributed by atoms with Gasteiger partial charge < -0.3 is 5.32 Å². The van der Waals surface area contributed by atoms with Crippen molar-refractivity contribution in [3.63, 3.8) is 0 Å². The Morgan fingerprint density at radius 3 is 2.56 bits per heavy atom. The van der Waals surface area contributed by atoms with Crippen LogP contribution in [0.3, 0.4) is 0 Å². The lowest BCUT2D eigenvalue weighted by Gasteiger charge is -2.11. The van der Waals surface area contributed by atoms with Gasteiger partial charge in [0.25, 0.3) is 0 Å². The predicted octanol–water partition coefficient (Wildman–Crippen LogP) is 4.37. The fraction of sp³-hybridized carbons (Fsp3) is 0.125. The number of hydrogen-bond donors (Lipinski definition) is 1. The normalized spacial score (nSPS) is 11.2. The third-order valence-electron chi connectivity index (χ3n) is 3.29. The SMILES string of the molecule is CNCc1c2ccccc2cc2ccc(Cl)cc12. The molecule has 0 spiro atoms. The molecule has 2 heteroatoms. The highest BCUT2D eigenvalue weighted by Gasteiger charge is 2.07. The van der Waals surface area contributed by atoms with E-state index in [0.717, 1.165) is 11.6 Å². The molecule has 0 aromatic heterocycles. The maximum absolute atomic E-state index is 6.12. The molecule has 1 N–H and O–H groups in total. The van der Waals surface area contributed by atoms with Crippen LogP contribution in [0.25, 0.3) is 21.5 Å². The van der Waals surface area contributed by atoms with E-state index in [2.05, 4.69) is 47.8 Å². The molecule has 3 rings (SSSR count). The summed E-state index contributed by atoms with van der Waals surface area (Å²) < 4.78 is 0. The maximum atomic E-state index is 6.12. The van der Waals surface area contributed by atoms with Crippen LogP contribution < -0.4 is 5.32 Å². The third kappa shape index (κ3) is 1.86. The molecular weight excluding hydrogens is 242 g/mol. The van der Waals surface area contributed by atoms with E-state index in [1.54, 1.807) is 0 Å². The van der Waals surface area contributed by atoms with E-state index in [9.17, 15) is 0 Å². The van der Waals surface area contributed by atoms with Gasteiger partial charge in [0.05, 0.1) is 0 Å². The Balaban J connectivity index is 2.46. The van der Waals surface area contributed by atoms with Gasteiger partial charge in [0, 0.05) is 11.6 Å². The smallest absolute Gasteiger partial charge is 0.0412 e. The highest BCUT2D eigenvalue weighted by atomic mass is 35.5. The fourth-order valence-electron chi connectivity index (χ4n) is 2.49. The zero-order valence-electron chi connectivity index (χ0n) is 10.2. The molecule has 0 fully saturated rings. The second-order valence-corrected chi connectivity index (χ2v) is 4.91. The average molecular weight is 256 g/mol. The lowest BCUT2D eigenvalue weighted by atomic mass is 9.97. The Kier molecular flexibility index (Phi) is 2.94. The first-order chi connectivity index (χ1) is 8.79. The van der Waals surface area contributed by atoms with Crippen LogP contribution in [0, 0.1) is 0 Å². The summed E-state index contributed by atoms with van der Waals surface area (Å²) in [5.41, 5.74) is 1.31. The first-order valence-corrected chi connectivity index (χ1v) is 6.42. The molecule has 0 heterocycles. The quantitative estimate of drug-likeness (QED) is 0.671. The summed E-state index contributed by atoms with van der Waals surface area (Å²) in [7, 11) is 1.97. The minimum atomic E-state index is 0.787. The van der Waals surface area contributed by atoms with Gasteiger partial charge in [-0.1, -0.05) is 41.9 Å². The number of rotatable bonds is 2. The van der Waals surface area contributed by atoms with Crippen molar-refractivity contribution in [1.82, 2.24) is 5.32 Å². The predicted molar refractivity (Wildman–Crippen MR) is 79.2 cm³/mol. The van der Waals surface area contributed by atoms with Gasteiger partial charge in [-0.3, -0.25) is 0 Å². The number of fused-ring (bicyclic) bond motifs is 2. The largest absolute Gasteiger partial charge is 0.316 e. The summed E-state index contributed by atoms with van der Waals surface area (Å²) in [4.78, 5) is 0. The van der Waals surface area contributed by atoms with Gasteiger partial charge >= 0.3 is 0 Å². The van der Waals surface area contributed by atoms with Crippen molar-refractivity contribution in [3.05, 3.63) is 59.1 Å². The number of benzene rings is 3. The molecule has 18 heavy (non-hydrogen) atoms. The van der Waals surface area contributed by atoms with E-state index in [0.29, 0.717) is 0 Å². The Morgan fingerprint density at radius 1 is 0.944 bits per heavy atom. The Labute approximate surface area is 111 Å². The lowest BCUT2D eigenvalue weighted by molar-refractivity contribution is 0.829. The Hall–Kier alpha value is -1.57. The van der Waals surface area contributed by atoms with E-state index < -0.39 is 0 Å². The summed E-state index contributed by atoms with van der Waals surface area (Å²) >= 11 is 6.12. The Bertz CT molecular complexity index is 719. The molecule has 0 amide bonds. The van der Waals surface area contributed by atoms with Crippen molar-refractivity contribution in [2.24, 2.45) is 0 Å². The first kappa shape index (κ1) is 11.5. The molecule has 0 bridgehead atoms. The summed E-state index contributed by atoms with van der Waals surface area (Å²) in [5, 5.41) is 9.07. The molecular formula is C16H14ClN.